The summed E-state index contributed by atoms with van der Waals surface area (Å²) in [5.41, 5.74) is -0.00878. The lowest BCUT2D eigenvalue weighted by Crippen LogP contribution is -2.49. The largest absolute Gasteiger partial charge is 0.496 e. The fraction of sp³-hybridized carbons (Fsp3) is 0.500. The fourth-order valence-corrected chi connectivity index (χ4v) is 4.77. The lowest BCUT2D eigenvalue weighted by molar-refractivity contribution is -0.144. The maximum absolute atomic E-state index is 13.0. The Kier molecular flexibility index (Phi) is 5.69. The molecule has 8 nitrogen and oxygen atoms in total. The summed E-state index contributed by atoms with van der Waals surface area (Å²) in [6.45, 7) is 1.81. The van der Waals surface area contributed by atoms with Crippen molar-refractivity contribution in [1.29, 1.82) is 0 Å². The molecule has 0 aliphatic carbocycles. The summed E-state index contributed by atoms with van der Waals surface area (Å²) in [4.78, 5) is 23.1. The van der Waals surface area contributed by atoms with Crippen molar-refractivity contribution < 1.29 is 32.6 Å². The zero-order valence-corrected chi connectivity index (χ0v) is 15.1. The van der Waals surface area contributed by atoms with E-state index in [4.69, 9.17) is 4.74 Å². The van der Waals surface area contributed by atoms with Crippen molar-refractivity contribution in [2.45, 2.75) is 30.7 Å². The highest BCUT2D eigenvalue weighted by Gasteiger charge is 2.39. The van der Waals surface area contributed by atoms with E-state index >= 15 is 0 Å². The molecule has 0 spiro atoms. The molecule has 1 saturated heterocycles. The van der Waals surface area contributed by atoms with E-state index in [0.717, 1.165) is 0 Å². The van der Waals surface area contributed by atoms with Crippen LogP contribution in [0.5, 0.6) is 5.75 Å². The molecule has 0 saturated carbocycles. The normalized spacial score (nSPS) is 21.6. The monoisotopic (exact) mass is 371 g/mol. The fourth-order valence-electron chi connectivity index (χ4n) is 3.03. The van der Waals surface area contributed by atoms with Crippen LogP contribution >= 0.6 is 0 Å². The van der Waals surface area contributed by atoms with E-state index in [-0.39, 0.29) is 22.8 Å². The first-order valence-electron chi connectivity index (χ1n) is 7.75. The Morgan fingerprint density at radius 2 is 1.96 bits per heavy atom. The molecule has 1 aromatic rings. The molecule has 2 rings (SSSR count). The Balaban J connectivity index is 2.45. The molecule has 0 unspecified atom stereocenters. The molecular formula is C16H21NO7S. The van der Waals surface area contributed by atoms with Crippen LogP contribution in [0.3, 0.4) is 0 Å². The van der Waals surface area contributed by atoms with E-state index in [9.17, 15) is 23.1 Å². The summed E-state index contributed by atoms with van der Waals surface area (Å²) >= 11 is 0. The van der Waals surface area contributed by atoms with Crippen molar-refractivity contribution in [2.24, 2.45) is 5.92 Å². The summed E-state index contributed by atoms with van der Waals surface area (Å²) in [7, 11) is -1.41. The van der Waals surface area contributed by atoms with Gasteiger partial charge in [-0.1, -0.05) is 0 Å². The Hall–Kier alpha value is -2.13. The van der Waals surface area contributed by atoms with Crippen LogP contribution in [0.15, 0.2) is 23.1 Å². The van der Waals surface area contributed by atoms with Crippen LogP contribution in [0.4, 0.5) is 0 Å². The molecular weight excluding hydrogens is 350 g/mol. The first-order chi connectivity index (χ1) is 11.7. The van der Waals surface area contributed by atoms with Gasteiger partial charge in [-0.25, -0.2) is 13.2 Å². The molecule has 1 aromatic carbocycles. The van der Waals surface area contributed by atoms with Gasteiger partial charge in [-0.3, -0.25) is 4.79 Å². The number of benzene rings is 1. The van der Waals surface area contributed by atoms with Crippen molar-refractivity contribution in [3.8, 4) is 5.75 Å². The van der Waals surface area contributed by atoms with E-state index in [1.807, 2.05) is 0 Å². The molecule has 0 bridgehead atoms. The third-order valence-electron chi connectivity index (χ3n) is 4.43. The molecule has 1 fully saturated rings. The number of carbonyl (C=O) groups excluding carboxylic acids is 1. The van der Waals surface area contributed by atoms with E-state index in [2.05, 4.69) is 4.74 Å². The summed E-state index contributed by atoms with van der Waals surface area (Å²) < 4.78 is 36.8. The van der Waals surface area contributed by atoms with Gasteiger partial charge in [0.15, 0.2) is 0 Å². The number of sulfonamides is 1. The quantitative estimate of drug-likeness (QED) is 0.778. The van der Waals surface area contributed by atoms with Crippen molar-refractivity contribution >= 4 is 22.0 Å². The lowest BCUT2D eigenvalue weighted by Gasteiger charge is -2.36. The Morgan fingerprint density at radius 3 is 2.52 bits per heavy atom. The molecule has 1 heterocycles. The predicted octanol–water partition coefficient (Wildman–Crippen LogP) is 1.36. The molecule has 0 aromatic heterocycles. The first kappa shape index (κ1) is 19.2. The zero-order chi connectivity index (χ0) is 18.8. The van der Waals surface area contributed by atoms with Gasteiger partial charge in [-0.2, -0.15) is 4.31 Å². The predicted molar refractivity (Wildman–Crippen MR) is 88.0 cm³/mol. The van der Waals surface area contributed by atoms with Crippen molar-refractivity contribution in [1.82, 2.24) is 4.31 Å². The molecule has 138 valence electrons. The van der Waals surface area contributed by atoms with Gasteiger partial charge in [0.2, 0.25) is 10.0 Å². The van der Waals surface area contributed by atoms with Gasteiger partial charge in [-0.15, -0.1) is 0 Å². The molecule has 9 heteroatoms. The van der Waals surface area contributed by atoms with E-state index < -0.39 is 33.9 Å². The van der Waals surface area contributed by atoms with E-state index in [1.54, 1.807) is 6.92 Å². The second-order valence-electron chi connectivity index (χ2n) is 5.80. The summed E-state index contributed by atoms with van der Waals surface area (Å²) in [6.07, 6.45) is 0.888. The number of piperidine rings is 1. The zero-order valence-electron chi connectivity index (χ0n) is 14.3. The molecule has 0 radical (unpaired) electrons. The standard InChI is InChI=1S/C16H21NO7S/c1-10-12(15(18)19)5-4-8-17(10)25(21,22)11-6-7-14(23-2)13(9-11)16(20)24-3/h6-7,9-10,12H,4-5,8H2,1-3H3,(H,18,19)/t10-,12-/m0/s1. The minimum Gasteiger partial charge on any atom is -0.496 e. The number of ether oxygens (including phenoxy) is 2. The van der Waals surface area contributed by atoms with Gasteiger partial charge in [-0.05, 0) is 38.0 Å². The number of hydrogen-bond acceptors (Lipinski definition) is 6. The topological polar surface area (TPSA) is 110 Å². The van der Waals surface area contributed by atoms with Crippen molar-refractivity contribution in [3.05, 3.63) is 23.8 Å². The number of aliphatic carboxylic acids is 1. The maximum atomic E-state index is 13.0. The number of carboxylic acid groups (broad SMARTS) is 1. The number of esters is 1. The average molecular weight is 371 g/mol. The van der Waals surface area contributed by atoms with Crippen LogP contribution in [0.1, 0.15) is 30.1 Å². The Labute approximate surface area is 146 Å². The molecule has 25 heavy (non-hydrogen) atoms. The number of methoxy groups -OCH3 is 2. The molecule has 1 aliphatic rings. The maximum Gasteiger partial charge on any atom is 0.341 e. The minimum atomic E-state index is -3.96. The van der Waals surface area contributed by atoms with Gasteiger partial charge in [0, 0.05) is 12.6 Å². The highest BCUT2D eigenvalue weighted by Crippen LogP contribution is 2.31. The SMILES string of the molecule is COC(=O)c1cc(S(=O)(=O)N2CCC[C@H](C(=O)O)[C@@H]2C)ccc1OC. The van der Waals surface area contributed by atoms with Crippen molar-refractivity contribution in [3.63, 3.8) is 0 Å². The van der Waals surface area contributed by atoms with Gasteiger partial charge >= 0.3 is 11.9 Å². The van der Waals surface area contributed by atoms with Crippen LogP contribution in [-0.2, 0) is 19.6 Å². The number of nitrogens with zero attached hydrogens (tertiary/aromatic N) is 1. The smallest absolute Gasteiger partial charge is 0.341 e. The minimum absolute atomic E-state index is 0.00878. The van der Waals surface area contributed by atoms with Gasteiger partial charge in [0.1, 0.15) is 11.3 Å². The Bertz CT molecular complexity index is 775. The third kappa shape index (κ3) is 3.62. The summed E-state index contributed by atoms with van der Waals surface area (Å²) in [5.74, 6) is -2.30. The molecule has 2 atom stereocenters. The highest BCUT2D eigenvalue weighted by atomic mass is 32.2. The van der Waals surface area contributed by atoms with E-state index in [1.165, 1.54) is 36.7 Å². The van der Waals surface area contributed by atoms with Crippen LogP contribution in [0.25, 0.3) is 0 Å². The highest BCUT2D eigenvalue weighted by molar-refractivity contribution is 7.89. The van der Waals surface area contributed by atoms with Crippen LogP contribution < -0.4 is 4.74 Å². The molecule has 1 aliphatic heterocycles. The number of carboxylic acids is 1. The molecule has 0 amide bonds. The lowest BCUT2D eigenvalue weighted by atomic mass is 9.92. The van der Waals surface area contributed by atoms with Crippen LogP contribution in [0, 0.1) is 5.92 Å². The summed E-state index contributed by atoms with van der Waals surface area (Å²) in [6, 6.07) is 3.22. The second-order valence-corrected chi connectivity index (χ2v) is 7.69. The van der Waals surface area contributed by atoms with Crippen molar-refractivity contribution in [2.75, 3.05) is 20.8 Å². The van der Waals surface area contributed by atoms with Crippen LogP contribution in [0.2, 0.25) is 0 Å². The van der Waals surface area contributed by atoms with Crippen LogP contribution in [-0.4, -0.2) is 56.6 Å². The molecule has 1 N–H and O–H groups in total. The average Bonchev–Trinajstić information content (AvgIpc) is 2.60. The number of rotatable bonds is 5. The van der Waals surface area contributed by atoms with Gasteiger partial charge < -0.3 is 14.6 Å². The number of carbonyl (C=O) groups is 2. The Morgan fingerprint density at radius 1 is 1.28 bits per heavy atom. The summed E-state index contributed by atoms with van der Waals surface area (Å²) in [5, 5.41) is 9.28. The third-order valence-corrected chi connectivity index (χ3v) is 6.41. The first-order valence-corrected chi connectivity index (χ1v) is 9.19. The van der Waals surface area contributed by atoms with E-state index in [0.29, 0.717) is 12.8 Å². The van der Waals surface area contributed by atoms with Gasteiger partial charge in [0.05, 0.1) is 25.0 Å². The second kappa shape index (κ2) is 7.40. The number of hydrogen-bond donors (Lipinski definition) is 1. The van der Waals surface area contributed by atoms with Gasteiger partial charge in [0.25, 0.3) is 0 Å².